The third kappa shape index (κ3) is 2.25. The van der Waals surface area contributed by atoms with Gasteiger partial charge in [-0.3, -0.25) is 4.79 Å². The summed E-state index contributed by atoms with van der Waals surface area (Å²) in [5.74, 6) is -1.15. The Labute approximate surface area is 81.6 Å². The lowest BCUT2D eigenvalue weighted by Gasteiger charge is -2.22. The summed E-state index contributed by atoms with van der Waals surface area (Å²) in [5.41, 5.74) is 0. The predicted octanol–water partition coefficient (Wildman–Crippen LogP) is 0.524. The molecule has 1 rings (SSSR count). The number of aliphatic hydroxyl groups excluding tert-OH is 1. The summed E-state index contributed by atoms with van der Waals surface area (Å²) >= 11 is 0. The molecule has 1 fully saturated rings. The highest BCUT2D eigenvalue weighted by molar-refractivity contribution is 5.85. The van der Waals surface area contributed by atoms with E-state index in [4.69, 9.17) is 10.2 Å². The Hall–Kier alpha value is -1.52. The van der Waals surface area contributed by atoms with E-state index in [1.165, 1.54) is 11.0 Å². The monoisotopic (exact) mass is 199 g/mol. The van der Waals surface area contributed by atoms with Gasteiger partial charge in [0.2, 0.25) is 5.91 Å². The first-order valence-corrected chi connectivity index (χ1v) is 4.48. The molecule has 2 N–H and O–H groups in total. The molecule has 78 valence electrons. The minimum absolute atomic E-state index is 0.122. The van der Waals surface area contributed by atoms with Crippen LogP contribution in [0, 0.1) is 0 Å². The maximum atomic E-state index is 11.3. The Morgan fingerprint density at radius 2 is 2.36 bits per heavy atom. The number of nitrogens with zero attached hydrogens (tertiary/aromatic N) is 1. The fourth-order valence-corrected chi connectivity index (χ4v) is 1.55. The highest BCUT2D eigenvalue weighted by Gasteiger charge is 2.31. The lowest BCUT2D eigenvalue weighted by atomic mass is 10.2. The molecule has 0 saturated carbocycles. The van der Waals surface area contributed by atoms with Crippen molar-refractivity contribution < 1.29 is 19.8 Å². The van der Waals surface area contributed by atoms with Gasteiger partial charge in [0, 0.05) is 13.0 Å². The third-order valence-electron chi connectivity index (χ3n) is 2.24. The van der Waals surface area contributed by atoms with Gasteiger partial charge >= 0.3 is 5.97 Å². The van der Waals surface area contributed by atoms with Gasteiger partial charge in [-0.15, -0.1) is 0 Å². The van der Waals surface area contributed by atoms with E-state index in [1.54, 1.807) is 0 Å². The standard InChI is InChI=1S/C9H13NO4/c11-6-2-3-7(9(13)14)10-5-1-4-8(10)12/h2,6-7,11H,1,3-5H2,(H,13,14). The number of carbonyl (C=O) groups excluding carboxylic acids is 1. The van der Waals surface area contributed by atoms with Gasteiger partial charge in [-0.2, -0.15) is 0 Å². The molecule has 0 aromatic heterocycles. The number of carboxylic acids is 1. The molecule has 0 aromatic rings. The second-order valence-corrected chi connectivity index (χ2v) is 3.17. The third-order valence-corrected chi connectivity index (χ3v) is 2.24. The topological polar surface area (TPSA) is 77.8 Å². The van der Waals surface area contributed by atoms with Gasteiger partial charge in [0.15, 0.2) is 0 Å². The molecule has 0 radical (unpaired) electrons. The quantitative estimate of drug-likeness (QED) is 0.647. The lowest BCUT2D eigenvalue weighted by molar-refractivity contribution is -0.148. The SMILES string of the molecule is O=C(O)C(CC=CO)N1CCCC1=O. The summed E-state index contributed by atoms with van der Waals surface area (Å²) in [7, 11) is 0. The van der Waals surface area contributed by atoms with Crippen LogP contribution < -0.4 is 0 Å². The lowest BCUT2D eigenvalue weighted by Crippen LogP contribution is -2.41. The highest BCUT2D eigenvalue weighted by Crippen LogP contribution is 2.16. The van der Waals surface area contributed by atoms with E-state index in [0.29, 0.717) is 19.4 Å². The molecule has 5 heteroatoms. The number of carbonyl (C=O) groups is 2. The second-order valence-electron chi connectivity index (χ2n) is 3.17. The molecule has 1 saturated heterocycles. The zero-order valence-corrected chi connectivity index (χ0v) is 7.72. The van der Waals surface area contributed by atoms with Gasteiger partial charge in [-0.1, -0.05) is 0 Å². The maximum absolute atomic E-state index is 11.3. The van der Waals surface area contributed by atoms with Crippen molar-refractivity contribution in [2.24, 2.45) is 0 Å². The van der Waals surface area contributed by atoms with Gasteiger partial charge in [-0.05, 0) is 18.9 Å². The van der Waals surface area contributed by atoms with Crippen molar-refractivity contribution in [3.05, 3.63) is 12.3 Å². The molecule has 14 heavy (non-hydrogen) atoms. The first-order chi connectivity index (χ1) is 6.66. The second kappa shape index (κ2) is 4.64. The van der Waals surface area contributed by atoms with Gasteiger partial charge < -0.3 is 15.1 Å². The normalized spacial score (nSPS) is 19.1. The van der Waals surface area contributed by atoms with Crippen LogP contribution in [0.3, 0.4) is 0 Å². The molecule has 0 aromatic carbocycles. The Bertz CT molecular complexity index is 262. The predicted molar refractivity (Wildman–Crippen MR) is 48.8 cm³/mol. The average Bonchev–Trinajstić information content (AvgIpc) is 2.52. The molecule has 1 atom stereocenters. The molecule has 1 aliphatic rings. The van der Waals surface area contributed by atoms with Crippen LogP contribution >= 0.6 is 0 Å². The maximum Gasteiger partial charge on any atom is 0.326 e. The summed E-state index contributed by atoms with van der Waals surface area (Å²) < 4.78 is 0. The van der Waals surface area contributed by atoms with Crippen molar-refractivity contribution in [2.45, 2.75) is 25.3 Å². The van der Waals surface area contributed by atoms with Crippen LogP contribution in [-0.2, 0) is 9.59 Å². The molecule has 1 amide bonds. The number of aliphatic carboxylic acids is 1. The van der Waals surface area contributed by atoms with Crippen molar-refractivity contribution in [2.75, 3.05) is 6.54 Å². The smallest absolute Gasteiger partial charge is 0.326 e. The first-order valence-electron chi connectivity index (χ1n) is 4.48. The van der Waals surface area contributed by atoms with Crippen LogP contribution in [0.25, 0.3) is 0 Å². The van der Waals surface area contributed by atoms with Gasteiger partial charge in [0.25, 0.3) is 0 Å². The molecule has 0 bridgehead atoms. The Morgan fingerprint density at radius 1 is 1.64 bits per heavy atom. The van der Waals surface area contributed by atoms with Crippen LogP contribution in [-0.4, -0.2) is 39.6 Å². The average molecular weight is 199 g/mol. The van der Waals surface area contributed by atoms with Crippen LogP contribution in [0.1, 0.15) is 19.3 Å². The minimum atomic E-state index is -1.03. The van der Waals surface area contributed by atoms with E-state index >= 15 is 0 Å². The van der Waals surface area contributed by atoms with Crippen LogP contribution in [0.4, 0.5) is 0 Å². The van der Waals surface area contributed by atoms with Crippen LogP contribution in [0.5, 0.6) is 0 Å². The molecule has 1 aliphatic heterocycles. The largest absolute Gasteiger partial charge is 0.516 e. The Balaban J connectivity index is 2.66. The van der Waals surface area contributed by atoms with Crippen molar-refractivity contribution in [3.63, 3.8) is 0 Å². The van der Waals surface area contributed by atoms with Crippen molar-refractivity contribution in [1.82, 2.24) is 4.90 Å². The highest BCUT2D eigenvalue weighted by atomic mass is 16.4. The molecular weight excluding hydrogens is 186 g/mol. The van der Waals surface area contributed by atoms with E-state index < -0.39 is 12.0 Å². The molecule has 0 aliphatic carbocycles. The zero-order valence-electron chi connectivity index (χ0n) is 7.72. The van der Waals surface area contributed by atoms with E-state index in [9.17, 15) is 9.59 Å². The summed E-state index contributed by atoms with van der Waals surface area (Å²) in [6.45, 7) is 0.495. The van der Waals surface area contributed by atoms with Crippen LogP contribution in [0.2, 0.25) is 0 Å². The molecule has 1 heterocycles. The van der Waals surface area contributed by atoms with E-state index in [2.05, 4.69) is 0 Å². The van der Waals surface area contributed by atoms with E-state index in [-0.39, 0.29) is 12.3 Å². The number of rotatable bonds is 4. The summed E-state index contributed by atoms with van der Waals surface area (Å²) in [4.78, 5) is 23.4. The van der Waals surface area contributed by atoms with E-state index in [1.807, 2.05) is 0 Å². The van der Waals surface area contributed by atoms with Crippen molar-refractivity contribution in [3.8, 4) is 0 Å². The fourth-order valence-electron chi connectivity index (χ4n) is 1.55. The summed E-state index contributed by atoms with van der Waals surface area (Å²) in [6, 6.07) is -0.839. The number of amides is 1. The first kappa shape index (κ1) is 10.6. The zero-order chi connectivity index (χ0) is 10.6. The van der Waals surface area contributed by atoms with Crippen LogP contribution in [0.15, 0.2) is 12.3 Å². The molecule has 0 spiro atoms. The molecule has 5 nitrogen and oxygen atoms in total. The number of likely N-dealkylation sites (tertiary alicyclic amines) is 1. The Kier molecular flexibility index (Phi) is 3.50. The van der Waals surface area contributed by atoms with Gasteiger partial charge in [-0.25, -0.2) is 4.79 Å². The van der Waals surface area contributed by atoms with Crippen molar-refractivity contribution >= 4 is 11.9 Å². The number of hydrogen-bond donors (Lipinski definition) is 2. The van der Waals surface area contributed by atoms with Crippen molar-refractivity contribution in [1.29, 1.82) is 0 Å². The Morgan fingerprint density at radius 3 is 2.79 bits per heavy atom. The molecule has 1 unspecified atom stereocenters. The summed E-state index contributed by atoms with van der Waals surface area (Å²) in [5, 5.41) is 17.3. The number of aliphatic hydroxyl groups is 1. The fraction of sp³-hybridized carbons (Fsp3) is 0.556. The minimum Gasteiger partial charge on any atom is -0.516 e. The van der Waals surface area contributed by atoms with E-state index in [0.717, 1.165) is 6.26 Å². The molecular formula is C9H13NO4. The van der Waals surface area contributed by atoms with Gasteiger partial charge in [0.05, 0.1) is 6.26 Å². The number of hydrogen-bond acceptors (Lipinski definition) is 3. The number of carboxylic acid groups (broad SMARTS) is 1. The summed E-state index contributed by atoms with van der Waals surface area (Å²) in [6.07, 6.45) is 3.43. The van der Waals surface area contributed by atoms with Gasteiger partial charge in [0.1, 0.15) is 6.04 Å².